The van der Waals surface area contributed by atoms with Crippen molar-refractivity contribution >= 4 is 15.9 Å². The van der Waals surface area contributed by atoms with Gasteiger partial charge in [-0.2, -0.15) is 0 Å². The highest BCUT2D eigenvalue weighted by molar-refractivity contribution is 9.09. The summed E-state index contributed by atoms with van der Waals surface area (Å²) < 4.78 is 5.60. The van der Waals surface area contributed by atoms with Crippen LogP contribution in [0.4, 0.5) is 0 Å². The molecule has 0 bridgehead atoms. The standard InChI is InChI=1S/C10H11BrO/c1-7-3-2-4-9-8(5-11)6-12-10(7)9/h2-4,8H,5-6H2,1H3. The fourth-order valence-corrected chi connectivity index (χ4v) is 2.13. The second kappa shape index (κ2) is 3.09. The Bertz CT molecular complexity index is 296. The molecule has 64 valence electrons. The Labute approximate surface area is 80.9 Å². The Morgan fingerprint density at radius 3 is 3.17 bits per heavy atom. The van der Waals surface area contributed by atoms with Crippen LogP contribution in [0.25, 0.3) is 0 Å². The molecule has 0 saturated carbocycles. The van der Waals surface area contributed by atoms with Gasteiger partial charge in [0, 0.05) is 16.8 Å². The summed E-state index contributed by atoms with van der Waals surface area (Å²) in [7, 11) is 0. The number of halogens is 1. The predicted molar refractivity (Wildman–Crippen MR) is 53.2 cm³/mol. The molecular formula is C10H11BrO. The summed E-state index contributed by atoms with van der Waals surface area (Å²) in [6.07, 6.45) is 0. The van der Waals surface area contributed by atoms with Crippen molar-refractivity contribution in [2.75, 3.05) is 11.9 Å². The van der Waals surface area contributed by atoms with Crippen molar-refractivity contribution in [3.05, 3.63) is 29.3 Å². The van der Waals surface area contributed by atoms with Gasteiger partial charge >= 0.3 is 0 Å². The molecule has 1 nitrogen and oxygen atoms in total. The van der Waals surface area contributed by atoms with E-state index >= 15 is 0 Å². The minimum absolute atomic E-state index is 0.542. The molecule has 1 aromatic rings. The minimum Gasteiger partial charge on any atom is -0.492 e. The largest absolute Gasteiger partial charge is 0.492 e. The molecule has 0 aliphatic carbocycles. The number of para-hydroxylation sites is 1. The lowest BCUT2D eigenvalue weighted by Gasteiger charge is -2.03. The summed E-state index contributed by atoms with van der Waals surface area (Å²) >= 11 is 3.49. The van der Waals surface area contributed by atoms with Crippen molar-refractivity contribution < 1.29 is 4.74 Å². The van der Waals surface area contributed by atoms with E-state index in [0.717, 1.165) is 17.7 Å². The van der Waals surface area contributed by atoms with Crippen molar-refractivity contribution in [2.45, 2.75) is 12.8 Å². The zero-order chi connectivity index (χ0) is 8.55. The maximum atomic E-state index is 5.60. The first-order valence-electron chi connectivity index (χ1n) is 4.11. The molecule has 0 aromatic heterocycles. The number of ether oxygens (including phenoxy) is 1. The number of fused-ring (bicyclic) bond motifs is 1. The van der Waals surface area contributed by atoms with Crippen molar-refractivity contribution in [1.29, 1.82) is 0 Å². The molecule has 1 aliphatic heterocycles. The molecule has 0 amide bonds. The van der Waals surface area contributed by atoms with E-state index in [0.29, 0.717) is 5.92 Å². The van der Waals surface area contributed by atoms with Gasteiger partial charge in [0.2, 0.25) is 0 Å². The van der Waals surface area contributed by atoms with E-state index in [1.807, 2.05) is 0 Å². The van der Waals surface area contributed by atoms with E-state index in [2.05, 4.69) is 41.1 Å². The lowest BCUT2D eigenvalue weighted by Crippen LogP contribution is -2.00. The average molecular weight is 227 g/mol. The quantitative estimate of drug-likeness (QED) is 0.670. The monoisotopic (exact) mass is 226 g/mol. The Balaban J connectivity index is 2.46. The number of benzene rings is 1. The third kappa shape index (κ3) is 1.14. The Morgan fingerprint density at radius 1 is 1.58 bits per heavy atom. The molecule has 0 saturated heterocycles. The molecule has 12 heavy (non-hydrogen) atoms. The fraction of sp³-hybridized carbons (Fsp3) is 0.400. The summed E-state index contributed by atoms with van der Waals surface area (Å²) in [5, 5.41) is 0.990. The predicted octanol–water partition coefficient (Wildman–Crippen LogP) is 2.87. The highest BCUT2D eigenvalue weighted by Crippen LogP contribution is 2.36. The Morgan fingerprint density at radius 2 is 2.42 bits per heavy atom. The van der Waals surface area contributed by atoms with Crippen LogP contribution in [0.3, 0.4) is 0 Å². The van der Waals surface area contributed by atoms with Gasteiger partial charge < -0.3 is 4.74 Å². The third-order valence-corrected chi connectivity index (χ3v) is 3.08. The maximum absolute atomic E-state index is 5.60. The first kappa shape index (κ1) is 8.11. The second-order valence-corrected chi connectivity index (χ2v) is 3.80. The molecule has 0 N–H and O–H groups in total. The molecule has 1 atom stereocenters. The lowest BCUT2D eigenvalue weighted by molar-refractivity contribution is 0.337. The molecule has 2 rings (SSSR count). The Kier molecular flexibility index (Phi) is 2.09. The third-order valence-electron chi connectivity index (χ3n) is 2.30. The van der Waals surface area contributed by atoms with Crippen LogP contribution in [0.5, 0.6) is 5.75 Å². The van der Waals surface area contributed by atoms with Crippen molar-refractivity contribution in [2.24, 2.45) is 0 Å². The van der Waals surface area contributed by atoms with Crippen molar-refractivity contribution in [3.63, 3.8) is 0 Å². The second-order valence-electron chi connectivity index (χ2n) is 3.16. The molecule has 1 heterocycles. The molecule has 0 fully saturated rings. The fourth-order valence-electron chi connectivity index (χ4n) is 1.60. The van der Waals surface area contributed by atoms with Gasteiger partial charge in [-0.05, 0) is 12.5 Å². The lowest BCUT2D eigenvalue weighted by atomic mass is 10.0. The number of hydrogen-bond donors (Lipinski definition) is 0. The summed E-state index contributed by atoms with van der Waals surface area (Å²) in [5.41, 5.74) is 2.60. The number of alkyl halides is 1. The van der Waals surface area contributed by atoms with Crippen molar-refractivity contribution in [3.8, 4) is 5.75 Å². The minimum atomic E-state index is 0.542. The number of hydrogen-bond acceptors (Lipinski definition) is 1. The van der Waals surface area contributed by atoms with Crippen LogP contribution in [-0.4, -0.2) is 11.9 Å². The smallest absolute Gasteiger partial charge is 0.125 e. The zero-order valence-electron chi connectivity index (χ0n) is 7.01. The van der Waals surface area contributed by atoms with Gasteiger partial charge in [0.15, 0.2) is 0 Å². The van der Waals surface area contributed by atoms with Crippen LogP contribution in [0, 0.1) is 6.92 Å². The van der Waals surface area contributed by atoms with E-state index in [9.17, 15) is 0 Å². The molecule has 2 heteroatoms. The van der Waals surface area contributed by atoms with Gasteiger partial charge in [-0.1, -0.05) is 34.1 Å². The van der Waals surface area contributed by atoms with Crippen LogP contribution in [0.1, 0.15) is 17.0 Å². The van der Waals surface area contributed by atoms with Gasteiger partial charge in [-0.15, -0.1) is 0 Å². The van der Waals surface area contributed by atoms with Gasteiger partial charge in [0.1, 0.15) is 5.75 Å². The molecule has 0 radical (unpaired) electrons. The van der Waals surface area contributed by atoms with Gasteiger partial charge in [0.05, 0.1) is 6.61 Å². The van der Waals surface area contributed by atoms with Crippen LogP contribution in [0.2, 0.25) is 0 Å². The average Bonchev–Trinajstić information content (AvgIpc) is 2.49. The highest BCUT2D eigenvalue weighted by atomic mass is 79.9. The van der Waals surface area contributed by atoms with Gasteiger partial charge in [0.25, 0.3) is 0 Å². The SMILES string of the molecule is Cc1cccc2c1OCC2CBr. The normalized spacial score (nSPS) is 20.3. The van der Waals surface area contributed by atoms with Crippen LogP contribution in [0.15, 0.2) is 18.2 Å². The van der Waals surface area contributed by atoms with Crippen molar-refractivity contribution in [1.82, 2.24) is 0 Å². The van der Waals surface area contributed by atoms with Crippen LogP contribution in [-0.2, 0) is 0 Å². The highest BCUT2D eigenvalue weighted by Gasteiger charge is 2.23. The number of rotatable bonds is 1. The van der Waals surface area contributed by atoms with Crippen LogP contribution < -0.4 is 4.74 Å². The molecule has 1 aliphatic rings. The van der Waals surface area contributed by atoms with Crippen LogP contribution >= 0.6 is 15.9 Å². The topological polar surface area (TPSA) is 9.23 Å². The van der Waals surface area contributed by atoms with E-state index in [1.54, 1.807) is 0 Å². The van der Waals surface area contributed by atoms with E-state index < -0.39 is 0 Å². The summed E-state index contributed by atoms with van der Waals surface area (Å²) in [4.78, 5) is 0. The van der Waals surface area contributed by atoms with E-state index in [4.69, 9.17) is 4.74 Å². The first-order valence-corrected chi connectivity index (χ1v) is 5.23. The maximum Gasteiger partial charge on any atom is 0.125 e. The molecule has 1 unspecified atom stereocenters. The first-order chi connectivity index (χ1) is 5.83. The molecular weight excluding hydrogens is 216 g/mol. The van der Waals surface area contributed by atoms with Gasteiger partial charge in [-0.3, -0.25) is 0 Å². The van der Waals surface area contributed by atoms with Gasteiger partial charge in [-0.25, -0.2) is 0 Å². The molecule has 0 spiro atoms. The summed E-state index contributed by atoms with van der Waals surface area (Å²) in [5.74, 6) is 1.64. The van der Waals surface area contributed by atoms with E-state index in [-0.39, 0.29) is 0 Å². The summed E-state index contributed by atoms with van der Waals surface area (Å²) in [6, 6.07) is 6.34. The summed E-state index contributed by atoms with van der Waals surface area (Å²) in [6.45, 7) is 2.92. The molecule has 1 aromatic carbocycles. The zero-order valence-corrected chi connectivity index (χ0v) is 8.60. The Hall–Kier alpha value is -0.500. The van der Waals surface area contributed by atoms with E-state index in [1.165, 1.54) is 11.1 Å². The number of aryl methyl sites for hydroxylation is 1.